The molecule has 1 fully saturated rings. The lowest BCUT2D eigenvalue weighted by molar-refractivity contribution is 0.208. The smallest absolute Gasteiger partial charge is 0.261 e. The second-order valence-electron chi connectivity index (χ2n) is 7.80. The molecule has 1 saturated heterocycles. The van der Waals surface area contributed by atoms with Crippen LogP contribution in [0.25, 0.3) is 21.9 Å². The molecule has 4 aromatic rings. The maximum Gasteiger partial charge on any atom is 0.261 e. The van der Waals surface area contributed by atoms with E-state index in [1.807, 2.05) is 31.3 Å². The Hall–Kier alpha value is -2.74. The quantitative estimate of drug-likeness (QED) is 0.451. The Morgan fingerprint density at radius 1 is 1.06 bits per heavy atom. The van der Waals surface area contributed by atoms with Crippen molar-refractivity contribution in [3.8, 4) is 5.75 Å². The van der Waals surface area contributed by atoms with Crippen LogP contribution in [0.4, 0.5) is 5.69 Å². The van der Waals surface area contributed by atoms with Crippen LogP contribution in [0.2, 0.25) is 5.02 Å². The highest BCUT2D eigenvalue weighted by Crippen LogP contribution is 2.33. The normalized spacial score (nSPS) is 17.4. The molecule has 2 heterocycles. The van der Waals surface area contributed by atoms with E-state index in [2.05, 4.69) is 9.62 Å². The molecular weight excluding hydrogens is 436 g/mol. The average Bonchev–Trinajstić information content (AvgIpc) is 3.32. The first-order chi connectivity index (χ1) is 14.9. The highest BCUT2D eigenvalue weighted by molar-refractivity contribution is 7.92. The highest BCUT2D eigenvalue weighted by atomic mass is 35.5. The molecule has 160 valence electrons. The molecule has 1 aromatic heterocycles. The number of furan rings is 1. The van der Waals surface area contributed by atoms with Gasteiger partial charge in [0.2, 0.25) is 0 Å². The summed E-state index contributed by atoms with van der Waals surface area (Å²) in [5.41, 5.74) is 1.75. The Bertz CT molecular complexity index is 1380. The van der Waals surface area contributed by atoms with Gasteiger partial charge in [0.15, 0.2) is 0 Å². The molecule has 1 aliphatic heterocycles. The number of hydrogen-bond donors (Lipinski definition) is 1. The summed E-state index contributed by atoms with van der Waals surface area (Å²) < 4.78 is 40.6. The van der Waals surface area contributed by atoms with Gasteiger partial charge < -0.3 is 14.1 Å². The maximum atomic E-state index is 13.1. The van der Waals surface area contributed by atoms with Gasteiger partial charge in [-0.05, 0) is 49.9 Å². The van der Waals surface area contributed by atoms with Crippen molar-refractivity contribution in [3.63, 3.8) is 0 Å². The number of likely N-dealkylation sites (tertiary alicyclic amines) is 1. The number of rotatable bonds is 5. The van der Waals surface area contributed by atoms with E-state index < -0.39 is 10.0 Å². The number of likely N-dealkylation sites (N-methyl/N-ethyl adjacent to an activating group) is 1. The van der Waals surface area contributed by atoms with E-state index >= 15 is 0 Å². The van der Waals surface area contributed by atoms with Crippen LogP contribution in [0.1, 0.15) is 6.42 Å². The van der Waals surface area contributed by atoms with E-state index in [9.17, 15) is 8.42 Å². The van der Waals surface area contributed by atoms with Gasteiger partial charge in [0.1, 0.15) is 23.0 Å². The third-order valence-electron chi connectivity index (χ3n) is 5.48. The predicted octanol–water partition coefficient (Wildman–Crippen LogP) is 5.12. The molecule has 31 heavy (non-hydrogen) atoms. The number of ether oxygens (including phenoxy) is 1. The minimum atomic E-state index is -3.82. The molecule has 3 aromatic carbocycles. The average molecular weight is 457 g/mol. The van der Waals surface area contributed by atoms with Crippen LogP contribution >= 0.6 is 11.6 Å². The van der Waals surface area contributed by atoms with Gasteiger partial charge in [-0.3, -0.25) is 4.72 Å². The topological polar surface area (TPSA) is 71.8 Å². The Morgan fingerprint density at radius 2 is 1.87 bits per heavy atom. The summed E-state index contributed by atoms with van der Waals surface area (Å²) in [6.07, 6.45) is 0.938. The monoisotopic (exact) mass is 456 g/mol. The maximum absolute atomic E-state index is 13.1. The fraction of sp³-hybridized carbons (Fsp3) is 0.217. The number of sulfonamides is 1. The number of nitrogens with zero attached hydrogens (tertiary/aromatic N) is 1. The summed E-state index contributed by atoms with van der Waals surface area (Å²) in [6.45, 7) is 1.77. The zero-order chi connectivity index (χ0) is 21.6. The number of benzene rings is 3. The van der Waals surface area contributed by atoms with Crippen molar-refractivity contribution in [1.29, 1.82) is 0 Å². The van der Waals surface area contributed by atoms with Crippen molar-refractivity contribution < 1.29 is 17.6 Å². The Labute approximate surface area is 185 Å². The number of hydrogen-bond acceptors (Lipinski definition) is 5. The summed E-state index contributed by atoms with van der Waals surface area (Å²) in [5, 5.41) is 2.08. The van der Waals surface area contributed by atoms with Gasteiger partial charge in [-0.2, -0.15) is 0 Å². The molecule has 0 saturated carbocycles. The molecule has 0 amide bonds. The van der Waals surface area contributed by atoms with E-state index in [-0.39, 0.29) is 11.0 Å². The Morgan fingerprint density at radius 3 is 2.68 bits per heavy atom. The molecule has 1 atom stereocenters. The van der Waals surface area contributed by atoms with Gasteiger partial charge >= 0.3 is 0 Å². The summed E-state index contributed by atoms with van der Waals surface area (Å²) in [5.74, 6) is 0.471. The van der Waals surface area contributed by atoms with E-state index in [4.69, 9.17) is 20.8 Å². The first-order valence-corrected chi connectivity index (χ1v) is 11.8. The lowest BCUT2D eigenvalue weighted by Crippen LogP contribution is -2.21. The fourth-order valence-electron chi connectivity index (χ4n) is 3.91. The molecular formula is C23H21ClN2O4S. The van der Waals surface area contributed by atoms with Gasteiger partial charge in [0.05, 0.1) is 15.6 Å². The first kappa shape index (κ1) is 20.2. The van der Waals surface area contributed by atoms with Crippen LogP contribution in [0.15, 0.2) is 70.0 Å². The predicted molar refractivity (Wildman–Crippen MR) is 123 cm³/mol. The van der Waals surface area contributed by atoms with E-state index in [1.165, 1.54) is 6.07 Å². The van der Waals surface area contributed by atoms with Crippen LogP contribution in [-0.4, -0.2) is 39.6 Å². The Balaban J connectivity index is 1.44. The largest absolute Gasteiger partial charge is 0.487 e. The lowest BCUT2D eigenvalue weighted by Gasteiger charge is -2.16. The number of halogens is 1. The van der Waals surface area contributed by atoms with E-state index in [0.717, 1.165) is 35.9 Å². The van der Waals surface area contributed by atoms with Crippen LogP contribution in [0.3, 0.4) is 0 Å². The molecule has 0 bridgehead atoms. The van der Waals surface area contributed by atoms with Crippen LogP contribution in [0, 0.1) is 0 Å². The summed E-state index contributed by atoms with van der Waals surface area (Å²) in [6, 6.07) is 17.3. The van der Waals surface area contributed by atoms with Crippen molar-refractivity contribution in [2.24, 2.45) is 0 Å². The summed E-state index contributed by atoms with van der Waals surface area (Å²) in [7, 11) is -1.78. The molecule has 1 N–H and O–H groups in total. The number of fused-ring (bicyclic) bond motifs is 3. The van der Waals surface area contributed by atoms with Crippen LogP contribution in [-0.2, 0) is 10.0 Å². The zero-order valence-corrected chi connectivity index (χ0v) is 18.4. The number of nitrogens with one attached hydrogen (secondary N) is 1. The van der Waals surface area contributed by atoms with Crippen molar-refractivity contribution in [2.75, 3.05) is 24.9 Å². The second-order valence-corrected chi connectivity index (χ2v) is 9.89. The van der Waals surface area contributed by atoms with Gasteiger partial charge in [-0.25, -0.2) is 8.42 Å². The highest BCUT2D eigenvalue weighted by Gasteiger charge is 2.23. The van der Waals surface area contributed by atoms with Crippen molar-refractivity contribution >= 4 is 49.3 Å². The van der Waals surface area contributed by atoms with Crippen molar-refractivity contribution in [2.45, 2.75) is 17.4 Å². The Kier molecular flexibility index (Phi) is 5.04. The molecule has 0 radical (unpaired) electrons. The minimum Gasteiger partial charge on any atom is -0.487 e. The summed E-state index contributed by atoms with van der Waals surface area (Å²) >= 11 is 6.28. The number of anilines is 1. The van der Waals surface area contributed by atoms with E-state index in [1.54, 1.807) is 30.3 Å². The lowest BCUT2D eigenvalue weighted by atomic mass is 10.1. The molecule has 1 aliphatic rings. The summed E-state index contributed by atoms with van der Waals surface area (Å²) in [4.78, 5) is 2.34. The van der Waals surface area contributed by atoms with Crippen LogP contribution in [0.5, 0.6) is 5.75 Å². The molecule has 8 heteroatoms. The molecule has 0 unspecified atom stereocenters. The van der Waals surface area contributed by atoms with Gasteiger partial charge in [0.25, 0.3) is 10.0 Å². The van der Waals surface area contributed by atoms with Gasteiger partial charge in [-0.15, -0.1) is 0 Å². The second kappa shape index (κ2) is 7.75. The molecule has 5 rings (SSSR count). The third kappa shape index (κ3) is 3.96. The van der Waals surface area contributed by atoms with Crippen LogP contribution < -0.4 is 9.46 Å². The van der Waals surface area contributed by atoms with Crippen molar-refractivity contribution in [3.05, 3.63) is 65.7 Å². The fourth-order valence-corrected chi connectivity index (χ4v) is 5.15. The molecule has 0 aliphatic carbocycles. The van der Waals surface area contributed by atoms with E-state index in [0.29, 0.717) is 22.0 Å². The van der Waals surface area contributed by atoms with Crippen molar-refractivity contribution in [1.82, 2.24) is 4.90 Å². The molecule has 0 spiro atoms. The third-order valence-corrected chi connectivity index (χ3v) is 7.17. The standard InChI is InChI=1S/C23H21ClN2O4S/c1-26-11-10-16(14-26)29-23-12-15(6-8-20(23)24)25-31(27,28)17-7-9-22-19(13-17)18-4-2-3-5-21(18)30-22/h2-9,12-13,16,25H,10-11,14H2,1H3/t16-/m1/s1. The molecule has 6 nitrogen and oxygen atoms in total. The minimum absolute atomic E-state index is 0.0335. The van der Waals surface area contributed by atoms with Gasteiger partial charge in [0, 0.05) is 29.9 Å². The first-order valence-electron chi connectivity index (χ1n) is 9.98. The van der Waals surface area contributed by atoms with Gasteiger partial charge in [-0.1, -0.05) is 29.8 Å². The zero-order valence-electron chi connectivity index (χ0n) is 16.8. The SMILES string of the molecule is CN1CC[C@@H](Oc2cc(NS(=O)(=O)c3ccc4oc5ccccc5c4c3)ccc2Cl)C1. The number of para-hydroxylation sites is 1.